The summed E-state index contributed by atoms with van der Waals surface area (Å²) in [5, 5.41) is 5.71. The molecule has 3 rings (SSSR count). The minimum atomic E-state index is -0.0214. The summed E-state index contributed by atoms with van der Waals surface area (Å²) in [7, 11) is 0. The van der Waals surface area contributed by atoms with Crippen molar-refractivity contribution in [3.63, 3.8) is 0 Å². The predicted molar refractivity (Wildman–Crippen MR) is 81.4 cm³/mol. The Hall–Kier alpha value is -2.21. The van der Waals surface area contributed by atoms with E-state index >= 15 is 0 Å². The first-order chi connectivity index (χ1) is 9.78. The number of nitrogens with one attached hydrogen (secondary N) is 1. The third-order valence-electron chi connectivity index (χ3n) is 2.95. The molecule has 0 saturated carbocycles. The zero-order chi connectivity index (χ0) is 13.9. The number of anilines is 1. The molecule has 0 radical (unpaired) electrons. The largest absolute Gasteiger partial charge is 0.370 e. The smallest absolute Gasteiger partial charge is 0.262 e. The van der Waals surface area contributed by atoms with Crippen molar-refractivity contribution in [1.29, 1.82) is 0 Å². The molecule has 0 amide bonds. The summed E-state index contributed by atoms with van der Waals surface area (Å²) in [6.45, 7) is 3.27. The van der Waals surface area contributed by atoms with Gasteiger partial charge in [-0.25, -0.2) is 9.97 Å². The molecule has 3 aromatic heterocycles. The van der Waals surface area contributed by atoms with Gasteiger partial charge in [0.2, 0.25) is 0 Å². The summed E-state index contributed by atoms with van der Waals surface area (Å²) >= 11 is 1.48. The van der Waals surface area contributed by atoms with E-state index in [0.717, 1.165) is 22.9 Å². The fourth-order valence-corrected chi connectivity index (χ4v) is 2.75. The average molecular weight is 286 g/mol. The molecule has 3 aromatic rings. The number of hydrogen-bond acceptors (Lipinski definition) is 5. The van der Waals surface area contributed by atoms with Gasteiger partial charge in [-0.05, 0) is 30.5 Å². The van der Waals surface area contributed by atoms with Crippen LogP contribution < -0.4 is 10.9 Å². The molecule has 0 fully saturated rings. The number of aromatic nitrogens is 3. The summed E-state index contributed by atoms with van der Waals surface area (Å²) in [6, 6.07) is 7.57. The molecule has 1 N–H and O–H groups in total. The van der Waals surface area contributed by atoms with Crippen LogP contribution >= 0.6 is 11.3 Å². The van der Waals surface area contributed by atoms with Crippen molar-refractivity contribution in [3.05, 3.63) is 52.0 Å². The number of thiophene rings is 1. The van der Waals surface area contributed by atoms with E-state index in [-0.39, 0.29) is 5.56 Å². The van der Waals surface area contributed by atoms with Crippen LogP contribution in [0.4, 0.5) is 5.82 Å². The van der Waals surface area contributed by atoms with Gasteiger partial charge in [0.15, 0.2) is 0 Å². The second kappa shape index (κ2) is 5.42. The van der Waals surface area contributed by atoms with Gasteiger partial charge in [-0.15, -0.1) is 11.3 Å². The molecule has 0 aliphatic rings. The van der Waals surface area contributed by atoms with Crippen LogP contribution in [0.25, 0.3) is 10.2 Å². The minimum absolute atomic E-state index is 0.0214. The van der Waals surface area contributed by atoms with Crippen LogP contribution in [-0.2, 0) is 6.54 Å². The van der Waals surface area contributed by atoms with E-state index in [4.69, 9.17) is 0 Å². The molecular formula is C14H14N4OS. The van der Waals surface area contributed by atoms with Crippen molar-refractivity contribution in [3.8, 4) is 0 Å². The molecule has 0 unspecified atom stereocenters. The van der Waals surface area contributed by atoms with Gasteiger partial charge >= 0.3 is 0 Å². The lowest BCUT2D eigenvalue weighted by atomic mass is 10.3. The molecule has 0 aromatic carbocycles. The second-order valence-electron chi connectivity index (χ2n) is 4.36. The minimum Gasteiger partial charge on any atom is -0.370 e. The van der Waals surface area contributed by atoms with E-state index in [1.807, 2.05) is 36.6 Å². The lowest BCUT2D eigenvalue weighted by Gasteiger charge is -2.07. The molecule has 5 nitrogen and oxygen atoms in total. The summed E-state index contributed by atoms with van der Waals surface area (Å²) in [5.41, 5.74) is 0.814. The lowest BCUT2D eigenvalue weighted by molar-refractivity contribution is 0.731. The maximum atomic E-state index is 12.3. The monoisotopic (exact) mass is 286 g/mol. The van der Waals surface area contributed by atoms with Gasteiger partial charge in [0.05, 0.1) is 24.0 Å². The van der Waals surface area contributed by atoms with Gasteiger partial charge in [-0.3, -0.25) is 9.36 Å². The molecular weight excluding hydrogens is 272 g/mol. The Morgan fingerprint density at radius 1 is 1.35 bits per heavy atom. The van der Waals surface area contributed by atoms with Crippen molar-refractivity contribution in [1.82, 2.24) is 14.5 Å². The molecule has 0 spiro atoms. The van der Waals surface area contributed by atoms with Gasteiger partial charge in [0, 0.05) is 6.54 Å². The quantitative estimate of drug-likeness (QED) is 0.799. The van der Waals surface area contributed by atoms with Crippen LogP contribution in [0.2, 0.25) is 0 Å². The zero-order valence-electron chi connectivity index (χ0n) is 11.0. The normalized spacial score (nSPS) is 10.8. The third kappa shape index (κ3) is 2.42. The first-order valence-corrected chi connectivity index (χ1v) is 7.28. The summed E-state index contributed by atoms with van der Waals surface area (Å²) in [5.74, 6) is 0.822. The highest BCUT2D eigenvalue weighted by Crippen LogP contribution is 2.13. The van der Waals surface area contributed by atoms with Crippen LogP contribution in [-0.4, -0.2) is 21.1 Å². The molecule has 0 atom stereocenters. The SMILES string of the molecule is CCNc1cccc(Cn2cnc3sccc3c2=O)n1. The Balaban J connectivity index is 1.94. The van der Waals surface area contributed by atoms with Crippen LogP contribution in [0, 0.1) is 0 Å². The molecule has 20 heavy (non-hydrogen) atoms. The highest BCUT2D eigenvalue weighted by molar-refractivity contribution is 7.16. The van der Waals surface area contributed by atoms with Crippen LogP contribution in [0.5, 0.6) is 0 Å². The number of pyridine rings is 1. The fourth-order valence-electron chi connectivity index (χ4n) is 2.03. The summed E-state index contributed by atoms with van der Waals surface area (Å²) in [4.78, 5) is 21.8. The van der Waals surface area contributed by atoms with E-state index in [9.17, 15) is 4.79 Å². The van der Waals surface area contributed by atoms with Crippen LogP contribution in [0.1, 0.15) is 12.6 Å². The van der Waals surface area contributed by atoms with Gasteiger partial charge in [0.25, 0.3) is 5.56 Å². The van der Waals surface area contributed by atoms with Crippen molar-refractivity contribution >= 4 is 27.4 Å². The molecule has 6 heteroatoms. The number of nitrogens with zero attached hydrogens (tertiary/aromatic N) is 3. The average Bonchev–Trinajstić information content (AvgIpc) is 2.92. The Bertz CT molecular complexity index is 793. The molecule has 0 bridgehead atoms. The lowest BCUT2D eigenvalue weighted by Crippen LogP contribution is -2.21. The van der Waals surface area contributed by atoms with E-state index in [2.05, 4.69) is 15.3 Å². The zero-order valence-corrected chi connectivity index (χ0v) is 11.9. The third-order valence-corrected chi connectivity index (χ3v) is 3.77. The maximum Gasteiger partial charge on any atom is 0.262 e. The number of hydrogen-bond donors (Lipinski definition) is 1. The fraction of sp³-hybridized carbons (Fsp3) is 0.214. The molecule has 3 heterocycles. The van der Waals surface area contributed by atoms with Crippen molar-refractivity contribution in [2.45, 2.75) is 13.5 Å². The van der Waals surface area contributed by atoms with Gasteiger partial charge in [-0.1, -0.05) is 6.07 Å². The maximum absolute atomic E-state index is 12.3. The Morgan fingerprint density at radius 3 is 3.10 bits per heavy atom. The van der Waals surface area contributed by atoms with Gasteiger partial charge in [0.1, 0.15) is 10.6 Å². The first kappa shape index (κ1) is 12.8. The van der Waals surface area contributed by atoms with E-state index in [0.29, 0.717) is 11.9 Å². The summed E-state index contributed by atoms with van der Waals surface area (Å²) < 4.78 is 1.59. The number of fused-ring (bicyclic) bond motifs is 1. The molecule has 0 aliphatic carbocycles. The Kier molecular flexibility index (Phi) is 3.47. The standard InChI is InChI=1S/C14H14N4OS/c1-2-15-12-5-3-4-10(17-12)8-18-9-16-13-11(14(18)19)6-7-20-13/h3-7,9H,2,8H2,1H3,(H,15,17). The Morgan fingerprint density at radius 2 is 2.25 bits per heavy atom. The van der Waals surface area contributed by atoms with E-state index < -0.39 is 0 Å². The molecule has 102 valence electrons. The van der Waals surface area contributed by atoms with Crippen LogP contribution in [0.3, 0.4) is 0 Å². The molecule has 0 saturated heterocycles. The van der Waals surface area contributed by atoms with Crippen LogP contribution in [0.15, 0.2) is 40.8 Å². The van der Waals surface area contributed by atoms with E-state index in [1.165, 1.54) is 11.3 Å². The predicted octanol–water partition coefficient (Wildman–Crippen LogP) is 2.33. The number of rotatable bonds is 4. The van der Waals surface area contributed by atoms with Gasteiger partial charge in [-0.2, -0.15) is 0 Å². The van der Waals surface area contributed by atoms with Crippen molar-refractivity contribution in [2.24, 2.45) is 0 Å². The second-order valence-corrected chi connectivity index (χ2v) is 5.26. The Labute approximate surface area is 119 Å². The first-order valence-electron chi connectivity index (χ1n) is 6.40. The van der Waals surface area contributed by atoms with E-state index in [1.54, 1.807) is 10.9 Å². The highest BCUT2D eigenvalue weighted by atomic mass is 32.1. The summed E-state index contributed by atoms with van der Waals surface area (Å²) in [6.07, 6.45) is 1.59. The van der Waals surface area contributed by atoms with Gasteiger partial charge < -0.3 is 5.32 Å². The highest BCUT2D eigenvalue weighted by Gasteiger charge is 2.06. The van der Waals surface area contributed by atoms with Crippen molar-refractivity contribution in [2.75, 3.05) is 11.9 Å². The topological polar surface area (TPSA) is 59.8 Å². The van der Waals surface area contributed by atoms with Crippen molar-refractivity contribution < 1.29 is 0 Å². The molecule has 0 aliphatic heterocycles.